The summed E-state index contributed by atoms with van der Waals surface area (Å²) in [5.74, 6) is 2.09. The van der Waals surface area contributed by atoms with Crippen molar-refractivity contribution < 1.29 is 19.0 Å². The fraction of sp³-hybridized carbons (Fsp3) is 0.350. The Balaban J connectivity index is 2.11. The van der Waals surface area contributed by atoms with Crippen LogP contribution in [0.3, 0.4) is 0 Å². The summed E-state index contributed by atoms with van der Waals surface area (Å²) in [6.45, 7) is 4.32. The molecule has 2 rings (SSSR count). The van der Waals surface area contributed by atoms with E-state index in [4.69, 9.17) is 14.2 Å². The summed E-state index contributed by atoms with van der Waals surface area (Å²) in [4.78, 5) is 12.3. The maximum absolute atomic E-state index is 12.3. The summed E-state index contributed by atoms with van der Waals surface area (Å²) >= 11 is 0. The molecule has 2 aromatic carbocycles. The van der Waals surface area contributed by atoms with E-state index >= 15 is 0 Å². The molecule has 0 aromatic heterocycles. The predicted molar refractivity (Wildman–Crippen MR) is 97.5 cm³/mol. The lowest BCUT2D eigenvalue weighted by Gasteiger charge is -2.14. The lowest BCUT2D eigenvalue weighted by atomic mass is 10.1. The molecule has 0 aliphatic rings. The van der Waals surface area contributed by atoms with Gasteiger partial charge < -0.3 is 19.5 Å². The van der Waals surface area contributed by atoms with Crippen molar-refractivity contribution >= 4 is 5.91 Å². The largest absolute Gasteiger partial charge is 0.497 e. The molecule has 5 heteroatoms. The first kappa shape index (κ1) is 18.6. The minimum atomic E-state index is -0.0947. The highest BCUT2D eigenvalue weighted by Gasteiger charge is 2.12. The Kier molecular flexibility index (Phi) is 6.69. The maximum Gasteiger partial charge on any atom is 0.251 e. The van der Waals surface area contributed by atoms with Crippen LogP contribution < -0.4 is 19.5 Å². The molecule has 134 valence electrons. The summed E-state index contributed by atoms with van der Waals surface area (Å²) in [5.41, 5.74) is 1.41. The maximum atomic E-state index is 12.3. The average molecular weight is 343 g/mol. The van der Waals surface area contributed by atoms with E-state index in [2.05, 4.69) is 5.32 Å². The van der Waals surface area contributed by atoms with Crippen LogP contribution in [-0.4, -0.2) is 26.2 Å². The van der Waals surface area contributed by atoms with E-state index in [1.807, 2.05) is 38.1 Å². The molecule has 5 nitrogen and oxygen atoms in total. The summed E-state index contributed by atoms with van der Waals surface area (Å²) in [6, 6.07) is 12.8. The zero-order valence-corrected chi connectivity index (χ0v) is 15.2. The molecule has 2 aromatic rings. The summed E-state index contributed by atoms with van der Waals surface area (Å²) in [5, 5.41) is 2.96. The molecule has 0 unspecified atom stereocenters. The summed E-state index contributed by atoms with van der Waals surface area (Å²) in [6.07, 6.45) is 0.884. The highest BCUT2D eigenvalue weighted by molar-refractivity contribution is 5.94. The molecule has 0 aliphatic carbocycles. The van der Waals surface area contributed by atoms with Gasteiger partial charge in [-0.3, -0.25) is 4.79 Å². The second kappa shape index (κ2) is 8.97. The van der Waals surface area contributed by atoms with E-state index in [1.54, 1.807) is 32.4 Å². The van der Waals surface area contributed by atoms with Crippen LogP contribution in [0.2, 0.25) is 0 Å². The van der Waals surface area contributed by atoms with E-state index < -0.39 is 0 Å². The topological polar surface area (TPSA) is 56.8 Å². The zero-order valence-electron chi connectivity index (χ0n) is 15.2. The van der Waals surface area contributed by atoms with E-state index in [1.165, 1.54) is 0 Å². The Labute approximate surface area is 148 Å². The third-order valence-electron chi connectivity index (χ3n) is 3.99. The fourth-order valence-electron chi connectivity index (χ4n) is 2.27. The molecule has 0 aliphatic heterocycles. The first-order chi connectivity index (χ1) is 12.1. The third-order valence-corrected chi connectivity index (χ3v) is 3.99. The number of rotatable bonds is 8. The van der Waals surface area contributed by atoms with Crippen LogP contribution in [0.1, 0.15) is 36.2 Å². The van der Waals surface area contributed by atoms with Crippen LogP contribution >= 0.6 is 0 Å². The zero-order chi connectivity index (χ0) is 18.2. The molecule has 0 heterocycles. The SMILES string of the molecule is CC[C@@H](C)NC(=O)c1ccc(OC)c(COc2ccc(OC)cc2)c1. The van der Waals surface area contributed by atoms with Crippen LogP contribution in [0.25, 0.3) is 0 Å². The van der Waals surface area contributed by atoms with Gasteiger partial charge in [-0.1, -0.05) is 6.92 Å². The van der Waals surface area contributed by atoms with Crippen molar-refractivity contribution in [2.45, 2.75) is 32.9 Å². The minimum Gasteiger partial charge on any atom is -0.497 e. The highest BCUT2D eigenvalue weighted by Crippen LogP contribution is 2.23. The van der Waals surface area contributed by atoms with Gasteiger partial charge in [-0.05, 0) is 55.8 Å². The third kappa shape index (κ3) is 5.14. The average Bonchev–Trinajstić information content (AvgIpc) is 2.66. The second-order valence-corrected chi connectivity index (χ2v) is 5.77. The van der Waals surface area contributed by atoms with E-state index in [9.17, 15) is 4.79 Å². The van der Waals surface area contributed by atoms with Gasteiger partial charge in [0, 0.05) is 17.2 Å². The van der Waals surface area contributed by atoms with Gasteiger partial charge in [-0.25, -0.2) is 0 Å². The number of ether oxygens (including phenoxy) is 3. The van der Waals surface area contributed by atoms with Gasteiger partial charge in [0.15, 0.2) is 0 Å². The Bertz CT molecular complexity index is 697. The molecule has 0 saturated heterocycles. The number of nitrogens with one attached hydrogen (secondary N) is 1. The first-order valence-electron chi connectivity index (χ1n) is 8.32. The number of carbonyl (C=O) groups is 1. The lowest BCUT2D eigenvalue weighted by Crippen LogP contribution is -2.31. The molecular formula is C20H25NO4. The van der Waals surface area contributed by atoms with Crippen molar-refractivity contribution in [2.24, 2.45) is 0 Å². The second-order valence-electron chi connectivity index (χ2n) is 5.77. The molecule has 1 N–H and O–H groups in total. The molecular weight excluding hydrogens is 318 g/mol. The summed E-state index contributed by atoms with van der Waals surface area (Å²) in [7, 11) is 3.22. The van der Waals surface area contributed by atoms with Crippen molar-refractivity contribution in [1.29, 1.82) is 0 Å². The van der Waals surface area contributed by atoms with Crippen molar-refractivity contribution in [3.05, 3.63) is 53.6 Å². The Morgan fingerprint density at radius 3 is 2.32 bits per heavy atom. The van der Waals surface area contributed by atoms with E-state index in [0.717, 1.165) is 23.5 Å². The van der Waals surface area contributed by atoms with Crippen molar-refractivity contribution in [3.8, 4) is 17.2 Å². The monoisotopic (exact) mass is 343 g/mol. The van der Waals surface area contributed by atoms with Crippen molar-refractivity contribution in [1.82, 2.24) is 5.32 Å². The van der Waals surface area contributed by atoms with Gasteiger partial charge >= 0.3 is 0 Å². The van der Waals surface area contributed by atoms with Crippen molar-refractivity contribution in [3.63, 3.8) is 0 Å². The minimum absolute atomic E-state index is 0.0947. The van der Waals surface area contributed by atoms with E-state index in [0.29, 0.717) is 17.9 Å². The quantitative estimate of drug-likeness (QED) is 0.792. The Morgan fingerprint density at radius 1 is 1.04 bits per heavy atom. The molecule has 0 fully saturated rings. The van der Waals surface area contributed by atoms with Crippen LogP contribution in [0.15, 0.2) is 42.5 Å². The van der Waals surface area contributed by atoms with Gasteiger partial charge in [0.25, 0.3) is 5.91 Å². The molecule has 0 spiro atoms. The van der Waals surface area contributed by atoms with Gasteiger partial charge in [0.1, 0.15) is 23.9 Å². The first-order valence-corrected chi connectivity index (χ1v) is 8.32. The van der Waals surface area contributed by atoms with Crippen LogP contribution in [0.5, 0.6) is 17.2 Å². The summed E-state index contributed by atoms with van der Waals surface area (Å²) < 4.78 is 16.3. The number of benzene rings is 2. The number of hydrogen-bond acceptors (Lipinski definition) is 4. The van der Waals surface area contributed by atoms with Gasteiger partial charge in [0.2, 0.25) is 0 Å². The van der Waals surface area contributed by atoms with E-state index in [-0.39, 0.29) is 11.9 Å². The molecule has 25 heavy (non-hydrogen) atoms. The van der Waals surface area contributed by atoms with Crippen LogP contribution in [0.4, 0.5) is 0 Å². The lowest BCUT2D eigenvalue weighted by molar-refractivity contribution is 0.0939. The van der Waals surface area contributed by atoms with Gasteiger partial charge in [-0.15, -0.1) is 0 Å². The molecule has 1 atom stereocenters. The smallest absolute Gasteiger partial charge is 0.251 e. The standard InChI is InChI=1S/C20H25NO4/c1-5-14(2)21-20(22)15-6-11-19(24-4)16(12-15)13-25-18-9-7-17(23-3)8-10-18/h6-12,14H,5,13H2,1-4H3,(H,21,22)/t14-/m1/s1. The number of hydrogen-bond donors (Lipinski definition) is 1. The fourth-order valence-corrected chi connectivity index (χ4v) is 2.27. The molecule has 0 saturated carbocycles. The number of amides is 1. The Morgan fingerprint density at radius 2 is 1.72 bits per heavy atom. The van der Waals surface area contributed by atoms with Crippen molar-refractivity contribution in [2.75, 3.05) is 14.2 Å². The van der Waals surface area contributed by atoms with Gasteiger partial charge in [0.05, 0.1) is 14.2 Å². The number of carbonyl (C=O) groups excluding carboxylic acids is 1. The normalized spacial score (nSPS) is 11.5. The molecule has 0 bridgehead atoms. The highest BCUT2D eigenvalue weighted by atomic mass is 16.5. The molecule has 0 radical (unpaired) electrons. The van der Waals surface area contributed by atoms with Crippen LogP contribution in [-0.2, 0) is 6.61 Å². The molecule has 1 amide bonds. The van der Waals surface area contributed by atoms with Crippen LogP contribution in [0, 0.1) is 0 Å². The Hall–Kier alpha value is -2.69. The number of methoxy groups -OCH3 is 2. The predicted octanol–water partition coefficient (Wildman–Crippen LogP) is 3.81. The van der Waals surface area contributed by atoms with Gasteiger partial charge in [-0.2, -0.15) is 0 Å².